The van der Waals surface area contributed by atoms with Crippen molar-refractivity contribution in [1.29, 1.82) is 0 Å². The first-order valence-corrected chi connectivity index (χ1v) is 11.8. The van der Waals surface area contributed by atoms with E-state index >= 15 is 0 Å². The highest BCUT2D eigenvalue weighted by Gasteiger charge is 2.35. The first-order valence-electron chi connectivity index (χ1n) is 10.2. The summed E-state index contributed by atoms with van der Waals surface area (Å²) in [7, 11) is 0. The Morgan fingerprint density at radius 1 is 1.03 bits per heavy atom. The van der Waals surface area contributed by atoms with Crippen LogP contribution in [0.5, 0.6) is 0 Å². The highest BCUT2D eigenvalue weighted by atomic mass is 79.9. The molecule has 34 heavy (non-hydrogen) atoms. The van der Waals surface area contributed by atoms with Crippen LogP contribution < -0.4 is 0 Å². The van der Waals surface area contributed by atoms with Crippen LogP contribution in [0.4, 0.5) is 10.5 Å². The fourth-order valence-electron chi connectivity index (χ4n) is 3.76. The predicted octanol–water partition coefficient (Wildman–Crippen LogP) is 7.01. The van der Waals surface area contributed by atoms with Crippen LogP contribution in [0.15, 0.2) is 86.6 Å². The van der Waals surface area contributed by atoms with Crippen LogP contribution in [0.3, 0.4) is 0 Å². The van der Waals surface area contributed by atoms with Gasteiger partial charge in [-0.05, 0) is 62.2 Å². The third-order valence-electron chi connectivity index (χ3n) is 5.41. The number of carbonyl (C=O) groups excluding carboxylic acids is 2. The zero-order chi connectivity index (χ0) is 23.8. The third kappa shape index (κ3) is 4.15. The van der Waals surface area contributed by atoms with Crippen molar-refractivity contribution in [2.24, 2.45) is 0 Å². The van der Waals surface area contributed by atoms with Gasteiger partial charge in [-0.1, -0.05) is 42.5 Å². The number of halogens is 1. The lowest BCUT2D eigenvalue weighted by molar-refractivity contribution is -0.384. The predicted molar refractivity (Wildman–Crippen MR) is 134 cm³/mol. The standard InChI is InChI=1S/C25H15BrN2O5S/c26-21-12-17(28(31)32)8-10-20(21)22-11-9-18(33-22)13-23-24(29)27(25(30)34-23)14-16-6-3-5-15-4-1-2-7-19(15)16/h1-13H,14H2/b23-13+. The molecule has 4 aromatic rings. The molecule has 9 heteroatoms. The number of benzene rings is 3. The number of nitro groups is 1. The molecule has 0 spiro atoms. The van der Waals surface area contributed by atoms with Crippen molar-refractivity contribution >= 4 is 61.4 Å². The van der Waals surface area contributed by atoms with E-state index in [0.29, 0.717) is 21.6 Å². The first-order chi connectivity index (χ1) is 16.4. The van der Waals surface area contributed by atoms with E-state index < -0.39 is 4.92 Å². The van der Waals surface area contributed by atoms with Crippen molar-refractivity contribution in [2.75, 3.05) is 0 Å². The molecule has 7 nitrogen and oxygen atoms in total. The van der Waals surface area contributed by atoms with Crippen LogP contribution in [0.2, 0.25) is 0 Å². The Hall–Kier alpha value is -3.69. The maximum Gasteiger partial charge on any atom is 0.293 e. The topological polar surface area (TPSA) is 93.7 Å². The van der Waals surface area contributed by atoms with Crippen LogP contribution in [0.25, 0.3) is 28.2 Å². The van der Waals surface area contributed by atoms with Gasteiger partial charge in [0, 0.05) is 28.2 Å². The minimum atomic E-state index is -0.476. The Balaban J connectivity index is 1.38. The zero-order valence-corrected chi connectivity index (χ0v) is 19.8. The molecule has 2 amide bonds. The number of nitro benzene ring substituents is 1. The smallest absolute Gasteiger partial charge is 0.293 e. The van der Waals surface area contributed by atoms with Crippen LogP contribution in [0.1, 0.15) is 11.3 Å². The molecule has 1 aromatic heterocycles. The Kier molecular flexibility index (Phi) is 5.80. The van der Waals surface area contributed by atoms with Gasteiger partial charge in [0.25, 0.3) is 16.8 Å². The average molecular weight is 535 g/mol. The molecule has 1 aliphatic heterocycles. The maximum atomic E-state index is 13.0. The lowest BCUT2D eigenvalue weighted by Gasteiger charge is -2.14. The lowest BCUT2D eigenvalue weighted by atomic mass is 10.0. The summed E-state index contributed by atoms with van der Waals surface area (Å²) in [4.78, 5) is 37.6. The summed E-state index contributed by atoms with van der Waals surface area (Å²) in [5.41, 5.74) is 1.49. The van der Waals surface area contributed by atoms with Crippen molar-refractivity contribution in [1.82, 2.24) is 4.90 Å². The lowest BCUT2D eigenvalue weighted by Crippen LogP contribution is -2.27. The zero-order valence-electron chi connectivity index (χ0n) is 17.4. The maximum absolute atomic E-state index is 13.0. The number of imide groups is 1. The molecule has 3 aromatic carbocycles. The summed E-state index contributed by atoms with van der Waals surface area (Å²) in [6, 6.07) is 21.4. The number of nitrogens with zero attached hydrogens (tertiary/aromatic N) is 2. The number of hydrogen-bond donors (Lipinski definition) is 0. The Labute approximate surface area is 206 Å². The molecule has 0 unspecified atom stereocenters. The van der Waals surface area contributed by atoms with Crippen LogP contribution >= 0.6 is 27.7 Å². The van der Waals surface area contributed by atoms with Crippen molar-refractivity contribution in [2.45, 2.75) is 6.54 Å². The number of non-ortho nitro benzene ring substituents is 1. The molecule has 1 aliphatic rings. The highest BCUT2D eigenvalue weighted by molar-refractivity contribution is 9.10. The number of carbonyl (C=O) groups is 2. The molecular weight excluding hydrogens is 520 g/mol. The van der Waals surface area contributed by atoms with Gasteiger partial charge in [-0.3, -0.25) is 24.6 Å². The van der Waals surface area contributed by atoms with Crippen molar-refractivity contribution in [3.8, 4) is 11.3 Å². The van der Waals surface area contributed by atoms with Crippen LogP contribution in [-0.4, -0.2) is 21.0 Å². The first kappa shape index (κ1) is 22.1. The van der Waals surface area contributed by atoms with E-state index in [1.54, 1.807) is 18.2 Å². The Morgan fingerprint density at radius 2 is 1.82 bits per heavy atom. The van der Waals surface area contributed by atoms with E-state index in [-0.39, 0.29) is 28.3 Å². The number of amides is 2. The largest absolute Gasteiger partial charge is 0.457 e. The van der Waals surface area contributed by atoms with Gasteiger partial charge in [-0.25, -0.2) is 0 Å². The Bertz CT molecular complexity index is 1500. The second kappa shape index (κ2) is 8.92. The van der Waals surface area contributed by atoms with Gasteiger partial charge < -0.3 is 4.42 Å². The minimum Gasteiger partial charge on any atom is -0.457 e. The molecule has 5 rings (SSSR count). The third-order valence-corrected chi connectivity index (χ3v) is 6.97. The normalized spacial score (nSPS) is 15.0. The second-order valence-electron chi connectivity index (χ2n) is 7.53. The molecule has 0 radical (unpaired) electrons. The van der Waals surface area contributed by atoms with Gasteiger partial charge in [0.2, 0.25) is 0 Å². The SMILES string of the molecule is O=C1S/C(=C/c2ccc(-c3ccc([N+](=O)[O-])cc3Br)o2)C(=O)N1Cc1cccc2ccccc12. The molecule has 0 aliphatic carbocycles. The quantitative estimate of drug-likeness (QED) is 0.155. The number of rotatable bonds is 5. The summed E-state index contributed by atoms with van der Waals surface area (Å²) in [6.45, 7) is 0.183. The average Bonchev–Trinajstić information content (AvgIpc) is 3.39. The second-order valence-corrected chi connectivity index (χ2v) is 9.38. The summed E-state index contributed by atoms with van der Waals surface area (Å²) >= 11 is 4.20. The highest BCUT2D eigenvalue weighted by Crippen LogP contribution is 2.36. The number of hydrogen-bond acceptors (Lipinski definition) is 6. The molecule has 0 atom stereocenters. The summed E-state index contributed by atoms with van der Waals surface area (Å²) in [5, 5.41) is 12.7. The Morgan fingerprint density at radius 3 is 2.62 bits per heavy atom. The molecular formula is C25H15BrN2O5S. The molecule has 168 valence electrons. The van der Waals surface area contributed by atoms with Crippen molar-refractivity contribution in [3.63, 3.8) is 0 Å². The van der Waals surface area contributed by atoms with E-state index in [9.17, 15) is 19.7 Å². The van der Waals surface area contributed by atoms with Gasteiger partial charge in [0.15, 0.2) is 0 Å². The molecule has 0 saturated carbocycles. The molecule has 0 bridgehead atoms. The molecule has 1 saturated heterocycles. The van der Waals surface area contributed by atoms with Crippen LogP contribution in [0, 0.1) is 10.1 Å². The molecule has 2 heterocycles. The number of furan rings is 1. The van der Waals surface area contributed by atoms with Gasteiger partial charge in [-0.15, -0.1) is 0 Å². The molecule has 1 fully saturated rings. The van der Waals surface area contributed by atoms with Crippen molar-refractivity contribution < 1.29 is 18.9 Å². The van der Waals surface area contributed by atoms with E-state index in [4.69, 9.17) is 4.42 Å². The van der Waals surface area contributed by atoms with Gasteiger partial charge in [-0.2, -0.15) is 0 Å². The number of fused-ring (bicyclic) bond motifs is 1. The van der Waals surface area contributed by atoms with Gasteiger partial charge in [0.1, 0.15) is 11.5 Å². The number of thioether (sulfide) groups is 1. The fourth-order valence-corrected chi connectivity index (χ4v) is 5.14. The summed E-state index contributed by atoms with van der Waals surface area (Å²) < 4.78 is 6.35. The van der Waals surface area contributed by atoms with Gasteiger partial charge in [0.05, 0.1) is 16.4 Å². The monoisotopic (exact) mass is 534 g/mol. The minimum absolute atomic E-state index is 0.0396. The fraction of sp³-hybridized carbons (Fsp3) is 0.0400. The van der Waals surface area contributed by atoms with E-state index in [1.165, 1.54) is 23.1 Å². The van der Waals surface area contributed by atoms with E-state index in [1.807, 2.05) is 42.5 Å². The van der Waals surface area contributed by atoms with E-state index in [2.05, 4.69) is 15.9 Å². The van der Waals surface area contributed by atoms with Crippen molar-refractivity contribution in [3.05, 3.63) is 104 Å². The summed E-state index contributed by atoms with van der Waals surface area (Å²) in [5.74, 6) is 0.497. The van der Waals surface area contributed by atoms with Crippen LogP contribution in [-0.2, 0) is 11.3 Å². The van der Waals surface area contributed by atoms with E-state index in [0.717, 1.165) is 28.1 Å². The summed E-state index contributed by atoms with van der Waals surface area (Å²) in [6.07, 6.45) is 1.54. The van der Waals surface area contributed by atoms with Gasteiger partial charge >= 0.3 is 0 Å². The molecule has 0 N–H and O–H groups in total.